The first-order valence-corrected chi connectivity index (χ1v) is 27.7. The molecule has 7 N–H and O–H groups in total. The van der Waals surface area contributed by atoms with Crippen molar-refractivity contribution in [3.05, 3.63) is 64.5 Å². The van der Waals surface area contributed by atoms with Crippen molar-refractivity contribution in [1.82, 2.24) is 31.1 Å². The van der Waals surface area contributed by atoms with E-state index in [9.17, 15) is 52.3 Å². The molecule has 6 rings (SSSR count). The van der Waals surface area contributed by atoms with Crippen LogP contribution < -0.4 is 32.3 Å². The van der Waals surface area contributed by atoms with Crippen molar-refractivity contribution in [2.24, 2.45) is 5.73 Å². The van der Waals surface area contributed by atoms with Crippen LogP contribution in [0.1, 0.15) is 134 Å². The molecule has 0 saturated carbocycles. The van der Waals surface area contributed by atoms with Gasteiger partial charge in [0, 0.05) is 64.6 Å². The van der Waals surface area contributed by atoms with Gasteiger partial charge in [-0.2, -0.15) is 0 Å². The summed E-state index contributed by atoms with van der Waals surface area (Å²) >= 11 is 0. The Hall–Kier alpha value is -7.01. The number of hydrogen-bond donors (Lipinski definition) is 6. The van der Waals surface area contributed by atoms with Crippen LogP contribution in [0.25, 0.3) is 0 Å². The van der Waals surface area contributed by atoms with Crippen LogP contribution in [0.4, 0.5) is 19.7 Å². The average Bonchev–Trinajstić information content (AvgIpc) is 2.07. The van der Waals surface area contributed by atoms with Crippen LogP contribution in [0.15, 0.2) is 36.4 Å². The Kier molecular flexibility index (Phi) is 29.0. The van der Waals surface area contributed by atoms with Crippen LogP contribution >= 0.6 is 0 Å². The molecule has 2 atom stereocenters. The summed E-state index contributed by atoms with van der Waals surface area (Å²) in [6, 6.07) is 6.63. The molecule has 4 aliphatic rings. The first-order valence-electron chi connectivity index (χ1n) is 27.7. The van der Waals surface area contributed by atoms with E-state index in [-0.39, 0.29) is 47.9 Å². The normalized spacial score (nSPS) is 16.7. The summed E-state index contributed by atoms with van der Waals surface area (Å²) in [5.74, 6) is -5.63. The van der Waals surface area contributed by atoms with E-state index in [0.29, 0.717) is 124 Å². The minimum absolute atomic E-state index is 0.0340. The molecule has 2 aromatic carbocycles. The zero-order valence-corrected chi connectivity index (χ0v) is 48.3. The van der Waals surface area contributed by atoms with Gasteiger partial charge >= 0.3 is 12.2 Å². The summed E-state index contributed by atoms with van der Waals surface area (Å²) in [5.41, 5.74) is 4.97. The van der Waals surface area contributed by atoms with Gasteiger partial charge < -0.3 is 59.6 Å². The molecule has 460 valence electrons. The maximum absolute atomic E-state index is 13.7. The summed E-state index contributed by atoms with van der Waals surface area (Å²) in [7, 11) is 0. The quantitative estimate of drug-likeness (QED) is 0.0482. The number of rotatable bonds is 30. The Labute approximate surface area is 482 Å². The van der Waals surface area contributed by atoms with E-state index in [1.807, 2.05) is 41.5 Å². The second-order valence-corrected chi connectivity index (χ2v) is 20.9. The molecule has 0 radical (unpaired) electrons. The Morgan fingerprint density at radius 2 is 0.904 bits per heavy atom. The highest BCUT2D eigenvalue weighted by molar-refractivity contribution is 6.26. The van der Waals surface area contributed by atoms with Crippen molar-refractivity contribution < 1.29 is 90.2 Å². The molecule has 2 saturated heterocycles. The zero-order chi connectivity index (χ0) is 61.0. The maximum atomic E-state index is 13.7. The van der Waals surface area contributed by atoms with E-state index in [1.165, 1.54) is 12.1 Å². The van der Waals surface area contributed by atoms with E-state index >= 15 is 0 Å². The number of carbonyl (C=O) groups excluding carboxylic acids is 10. The lowest BCUT2D eigenvalue weighted by Crippen LogP contribution is -2.54. The SMILES string of the molecule is CC(C)(C)OC(=O)NCCCOCCOCCOCCCN.CC(C)(C)OC(=O)NCCCOCCOCCOCCCNc1cccc2c1C(=O)N(C1CCC(=O)NC1=O)C2=O.O=C1CCC(N2C(=O)c3cccc(F)c3C2=O)C(=O)N1. The molecule has 2 unspecified atom stereocenters. The minimum atomic E-state index is -1.07. The number of hydrogen-bond acceptors (Lipinski definition) is 20. The molecule has 27 heteroatoms. The number of alkyl carbamates (subject to hydrolysis) is 2. The third-order valence-corrected chi connectivity index (χ3v) is 11.9. The maximum Gasteiger partial charge on any atom is 0.407 e. The highest BCUT2D eigenvalue weighted by Gasteiger charge is 2.47. The lowest BCUT2D eigenvalue weighted by molar-refractivity contribution is -0.137. The number of fused-ring (bicyclic) bond motifs is 2. The molecular formula is C56H81FN8O18. The van der Waals surface area contributed by atoms with Crippen molar-refractivity contribution in [2.75, 3.05) is 111 Å². The third-order valence-electron chi connectivity index (χ3n) is 11.9. The van der Waals surface area contributed by atoms with Crippen LogP contribution in [0, 0.1) is 5.82 Å². The lowest BCUT2D eigenvalue weighted by atomic mass is 10.0. The Morgan fingerprint density at radius 1 is 0.530 bits per heavy atom. The van der Waals surface area contributed by atoms with Crippen LogP contribution in [0.5, 0.6) is 0 Å². The number of halogens is 1. The fraction of sp³-hybridized carbons (Fsp3) is 0.607. The second kappa shape index (κ2) is 35.2. The number of ether oxygens (including phenoxy) is 8. The number of amides is 10. The van der Waals surface area contributed by atoms with E-state index in [1.54, 1.807) is 18.2 Å². The molecule has 10 amide bonds. The van der Waals surface area contributed by atoms with E-state index in [2.05, 4.69) is 26.6 Å². The van der Waals surface area contributed by atoms with E-state index in [0.717, 1.165) is 28.7 Å². The van der Waals surface area contributed by atoms with Crippen LogP contribution in [-0.2, 0) is 57.1 Å². The van der Waals surface area contributed by atoms with Crippen molar-refractivity contribution in [3.63, 3.8) is 0 Å². The summed E-state index contributed by atoms with van der Waals surface area (Å²) < 4.78 is 56.5. The highest BCUT2D eigenvalue weighted by Crippen LogP contribution is 2.33. The zero-order valence-electron chi connectivity index (χ0n) is 48.3. The van der Waals surface area contributed by atoms with Crippen LogP contribution in [0.3, 0.4) is 0 Å². The van der Waals surface area contributed by atoms with Crippen molar-refractivity contribution in [3.8, 4) is 0 Å². The van der Waals surface area contributed by atoms with Crippen molar-refractivity contribution in [2.45, 2.75) is 116 Å². The summed E-state index contributed by atoms with van der Waals surface area (Å²) in [6.07, 6.45) is 2.38. The Bertz CT molecular complexity index is 2540. The van der Waals surface area contributed by atoms with Gasteiger partial charge in [-0.1, -0.05) is 12.1 Å². The monoisotopic (exact) mass is 1170 g/mol. The van der Waals surface area contributed by atoms with E-state index < -0.39 is 88.5 Å². The predicted molar refractivity (Wildman–Crippen MR) is 296 cm³/mol. The molecule has 0 spiro atoms. The first kappa shape index (κ1) is 68.5. The van der Waals surface area contributed by atoms with Crippen molar-refractivity contribution >= 4 is 65.1 Å². The molecule has 0 bridgehead atoms. The molecule has 26 nitrogen and oxygen atoms in total. The molecule has 0 aromatic heterocycles. The average molecular weight is 1170 g/mol. The molecule has 2 aromatic rings. The fourth-order valence-corrected chi connectivity index (χ4v) is 8.16. The number of piperidine rings is 2. The smallest absolute Gasteiger partial charge is 0.407 e. The number of nitrogens with two attached hydrogens (primary N) is 1. The summed E-state index contributed by atoms with van der Waals surface area (Å²) in [6.45, 7) is 19.3. The van der Waals surface area contributed by atoms with E-state index in [4.69, 9.17) is 43.6 Å². The van der Waals surface area contributed by atoms with Gasteiger partial charge in [-0.3, -0.25) is 58.8 Å². The standard InChI is InChI=1S/C28H40N4O9.C15H32N2O5.C13H9FN2O4/c1-28(2,3)41-27(37)30-12-6-14-39-16-18-40-17-15-38-13-5-11-29-20-8-4-7-19-23(20)26(36)32(25(19)35)21-9-10-22(33)31-24(21)34;1-15(2,3)22-14(18)17-7-5-9-20-11-13-21-12-10-19-8-4-6-16;14-7-3-1-2-6-10(7)13(20)16(12(6)19)8-4-5-9(17)15-11(8)18/h4,7-8,21,29H,5-6,9-18H2,1-3H3,(H,30,37)(H,31,33,34);4-13,16H2,1-3H3,(H,17,18);1-3,8H,4-5H2,(H,15,17,18). The number of nitrogens with zero attached hydrogens (tertiary/aromatic N) is 2. The van der Waals surface area contributed by atoms with Gasteiger partial charge in [0.25, 0.3) is 23.6 Å². The lowest BCUT2D eigenvalue weighted by Gasteiger charge is -2.27. The molecule has 4 aliphatic heterocycles. The third kappa shape index (κ3) is 23.6. The highest BCUT2D eigenvalue weighted by atomic mass is 19.1. The van der Waals surface area contributed by atoms with Gasteiger partial charge in [0.05, 0.1) is 75.1 Å². The van der Waals surface area contributed by atoms with Gasteiger partial charge in [0.1, 0.15) is 29.1 Å². The number of benzene rings is 2. The predicted octanol–water partition coefficient (Wildman–Crippen LogP) is 3.38. The second-order valence-electron chi connectivity index (χ2n) is 20.9. The molecule has 2 fully saturated rings. The molecular weight excluding hydrogens is 1090 g/mol. The number of carbonyl (C=O) groups is 10. The minimum Gasteiger partial charge on any atom is -0.444 e. The molecule has 83 heavy (non-hydrogen) atoms. The molecule has 4 heterocycles. The fourth-order valence-electron chi connectivity index (χ4n) is 8.16. The van der Waals surface area contributed by atoms with Crippen LogP contribution in [-0.4, -0.2) is 198 Å². The first-order chi connectivity index (χ1) is 39.5. The largest absolute Gasteiger partial charge is 0.444 e. The van der Waals surface area contributed by atoms with Gasteiger partial charge in [-0.15, -0.1) is 0 Å². The summed E-state index contributed by atoms with van der Waals surface area (Å²) in [4.78, 5) is 121. The Balaban J connectivity index is 0.000000295. The van der Waals surface area contributed by atoms with Gasteiger partial charge in [0.15, 0.2) is 0 Å². The number of imide groups is 4. The number of anilines is 1. The molecule has 0 aliphatic carbocycles. The van der Waals surface area contributed by atoms with Crippen molar-refractivity contribution in [1.29, 1.82) is 0 Å². The van der Waals surface area contributed by atoms with Gasteiger partial charge in [0.2, 0.25) is 23.6 Å². The number of nitrogens with one attached hydrogen (secondary N) is 5. The van der Waals surface area contributed by atoms with Crippen LogP contribution in [0.2, 0.25) is 0 Å². The topological polar surface area (TPSA) is 337 Å². The van der Waals surface area contributed by atoms with Gasteiger partial charge in [-0.25, -0.2) is 14.0 Å². The summed E-state index contributed by atoms with van der Waals surface area (Å²) in [5, 5.41) is 12.8. The Morgan fingerprint density at radius 3 is 1.30 bits per heavy atom. The van der Waals surface area contributed by atoms with Gasteiger partial charge in [-0.05, 0) is 111 Å².